The molecule has 0 saturated carbocycles. The summed E-state index contributed by atoms with van der Waals surface area (Å²) >= 11 is 0. The third kappa shape index (κ3) is 4.12. The number of ether oxygens (including phenoxy) is 1. The fourth-order valence-electron chi connectivity index (χ4n) is 2.25. The van der Waals surface area contributed by atoms with Gasteiger partial charge >= 0.3 is 0 Å². The topological polar surface area (TPSA) is 104 Å². The molecule has 2 N–H and O–H groups in total. The minimum absolute atomic E-state index is 0.0421. The number of nitrogens with one attached hydrogen (secondary N) is 2. The van der Waals surface area contributed by atoms with Crippen molar-refractivity contribution in [1.82, 2.24) is 20.4 Å². The molecule has 0 bridgehead atoms. The monoisotopic (exact) mass is 294 g/mol. The van der Waals surface area contributed by atoms with Gasteiger partial charge in [0, 0.05) is 32.3 Å². The number of H-pyrrole nitrogens is 1. The van der Waals surface area contributed by atoms with E-state index in [1.54, 1.807) is 4.90 Å². The van der Waals surface area contributed by atoms with E-state index in [1.165, 1.54) is 19.2 Å². The molecule has 0 aromatic carbocycles. The summed E-state index contributed by atoms with van der Waals surface area (Å²) < 4.78 is 4.76. The molecule has 1 saturated heterocycles. The standard InChI is InChI=1S/C13H18N4O4/c1-21-8-12(19)14-9-4-6-17(7-5-9)13(20)10-2-3-11(18)16-15-10/h2-3,9H,4-8H2,1H3,(H,14,19)(H,16,18). The number of aromatic amines is 1. The summed E-state index contributed by atoms with van der Waals surface area (Å²) in [5, 5.41) is 8.84. The average Bonchev–Trinajstić information content (AvgIpc) is 2.48. The van der Waals surface area contributed by atoms with Crippen LogP contribution in [0, 0.1) is 0 Å². The first-order valence-electron chi connectivity index (χ1n) is 6.73. The second kappa shape index (κ2) is 6.98. The zero-order chi connectivity index (χ0) is 15.2. The second-order valence-electron chi connectivity index (χ2n) is 4.87. The van der Waals surface area contributed by atoms with E-state index in [-0.39, 0.29) is 35.7 Å². The first-order chi connectivity index (χ1) is 10.1. The van der Waals surface area contributed by atoms with Crippen molar-refractivity contribution in [2.24, 2.45) is 0 Å². The van der Waals surface area contributed by atoms with E-state index in [2.05, 4.69) is 15.5 Å². The molecule has 21 heavy (non-hydrogen) atoms. The number of nitrogens with zero attached hydrogens (tertiary/aromatic N) is 2. The van der Waals surface area contributed by atoms with Gasteiger partial charge in [0.05, 0.1) is 0 Å². The molecule has 8 heteroatoms. The van der Waals surface area contributed by atoms with Crippen LogP contribution in [0.2, 0.25) is 0 Å². The molecule has 1 fully saturated rings. The van der Waals surface area contributed by atoms with Crippen LogP contribution in [0.15, 0.2) is 16.9 Å². The van der Waals surface area contributed by atoms with E-state index in [0.29, 0.717) is 25.9 Å². The third-order valence-electron chi connectivity index (χ3n) is 3.32. The highest BCUT2D eigenvalue weighted by atomic mass is 16.5. The minimum atomic E-state index is -0.342. The molecule has 2 heterocycles. The van der Waals surface area contributed by atoms with Gasteiger partial charge in [0.15, 0.2) is 0 Å². The number of carbonyl (C=O) groups is 2. The maximum absolute atomic E-state index is 12.2. The number of hydrogen-bond acceptors (Lipinski definition) is 5. The molecule has 0 radical (unpaired) electrons. The lowest BCUT2D eigenvalue weighted by Crippen LogP contribution is -2.47. The SMILES string of the molecule is COCC(=O)NC1CCN(C(=O)c2ccc(=O)[nH]n2)CC1. The molecule has 0 unspecified atom stereocenters. The Morgan fingerprint density at radius 3 is 2.71 bits per heavy atom. The maximum Gasteiger partial charge on any atom is 0.274 e. The van der Waals surface area contributed by atoms with Crippen LogP contribution in [-0.4, -0.2) is 59.8 Å². The van der Waals surface area contributed by atoms with Gasteiger partial charge in [-0.3, -0.25) is 14.4 Å². The van der Waals surface area contributed by atoms with Crippen molar-refractivity contribution >= 4 is 11.8 Å². The molecule has 1 aromatic rings. The molecule has 0 atom stereocenters. The zero-order valence-electron chi connectivity index (χ0n) is 11.8. The van der Waals surface area contributed by atoms with Crippen LogP contribution in [0.3, 0.4) is 0 Å². The van der Waals surface area contributed by atoms with Gasteiger partial charge in [-0.2, -0.15) is 5.10 Å². The van der Waals surface area contributed by atoms with Crippen LogP contribution in [-0.2, 0) is 9.53 Å². The number of carbonyl (C=O) groups excluding carboxylic acids is 2. The summed E-state index contributed by atoms with van der Waals surface area (Å²) in [6.45, 7) is 1.12. The lowest BCUT2D eigenvalue weighted by molar-refractivity contribution is -0.125. The first kappa shape index (κ1) is 15.2. The number of likely N-dealkylation sites (tertiary alicyclic amines) is 1. The molecule has 2 rings (SSSR count). The van der Waals surface area contributed by atoms with Crippen molar-refractivity contribution in [3.05, 3.63) is 28.2 Å². The Morgan fingerprint density at radius 2 is 2.14 bits per heavy atom. The number of aromatic nitrogens is 2. The van der Waals surface area contributed by atoms with E-state index in [1.807, 2.05) is 0 Å². The van der Waals surface area contributed by atoms with Gasteiger partial charge in [-0.15, -0.1) is 0 Å². The van der Waals surface area contributed by atoms with Crippen molar-refractivity contribution in [2.75, 3.05) is 26.8 Å². The third-order valence-corrected chi connectivity index (χ3v) is 3.32. The minimum Gasteiger partial charge on any atom is -0.375 e. The van der Waals surface area contributed by atoms with E-state index < -0.39 is 0 Å². The van der Waals surface area contributed by atoms with Crippen molar-refractivity contribution < 1.29 is 14.3 Å². The average molecular weight is 294 g/mol. The molecule has 0 aliphatic carbocycles. The van der Waals surface area contributed by atoms with Gasteiger partial charge in [0.25, 0.3) is 11.5 Å². The predicted molar refractivity (Wildman–Crippen MR) is 73.8 cm³/mol. The summed E-state index contributed by atoms with van der Waals surface area (Å²) in [4.78, 5) is 36.2. The molecular formula is C13H18N4O4. The van der Waals surface area contributed by atoms with Crippen LogP contribution in [0.4, 0.5) is 0 Å². The van der Waals surface area contributed by atoms with E-state index in [4.69, 9.17) is 4.74 Å². The van der Waals surface area contributed by atoms with Crippen LogP contribution in [0.25, 0.3) is 0 Å². The van der Waals surface area contributed by atoms with E-state index >= 15 is 0 Å². The molecule has 2 amide bonds. The van der Waals surface area contributed by atoms with Crippen LogP contribution in [0.1, 0.15) is 23.3 Å². The lowest BCUT2D eigenvalue weighted by Gasteiger charge is -2.32. The van der Waals surface area contributed by atoms with Crippen LogP contribution < -0.4 is 10.9 Å². The zero-order valence-corrected chi connectivity index (χ0v) is 11.8. The number of amides is 2. The molecule has 1 aliphatic rings. The Morgan fingerprint density at radius 1 is 1.43 bits per heavy atom. The highest BCUT2D eigenvalue weighted by molar-refractivity contribution is 5.92. The maximum atomic E-state index is 12.2. The second-order valence-corrected chi connectivity index (χ2v) is 4.87. The van der Waals surface area contributed by atoms with Crippen LogP contribution >= 0.6 is 0 Å². The van der Waals surface area contributed by atoms with Crippen molar-refractivity contribution in [3.8, 4) is 0 Å². The highest BCUT2D eigenvalue weighted by Crippen LogP contribution is 2.12. The Hall–Kier alpha value is -2.22. The van der Waals surface area contributed by atoms with Crippen molar-refractivity contribution in [3.63, 3.8) is 0 Å². The molecule has 1 aromatic heterocycles. The highest BCUT2D eigenvalue weighted by Gasteiger charge is 2.25. The molecule has 0 spiro atoms. The summed E-state index contributed by atoms with van der Waals surface area (Å²) in [6.07, 6.45) is 1.37. The summed E-state index contributed by atoms with van der Waals surface area (Å²) in [5.74, 6) is -0.363. The van der Waals surface area contributed by atoms with Gasteiger partial charge < -0.3 is 15.0 Å². The smallest absolute Gasteiger partial charge is 0.274 e. The Labute approximate surface area is 121 Å². The summed E-state index contributed by atoms with van der Waals surface area (Å²) in [7, 11) is 1.47. The number of methoxy groups -OCH3 is 1. The van der Waals surface area contributed by atoms with Gasteiger partial charge in [0.2, 0.25) is 5.91 Å². The molecule has 1 aliphatic heterocycles. The Kier molecular flexibility index (Phi) is 5.04. The lowest BCUT2D eigenvalue weighted by atomic mass is 10.0. The normalized spacial score (nSPS) is 15.8. The largest absolute Gasteiger partial charge is 0.375 e. The fourth-order valence-corrected chi connectivity index (χ4v) is 2.25. The quantitative estimate of drug-likeness (QED) is 0.751. The van der Waals surface area contributed by atoms with Gasteiger partial charge in [0.1, 0.15) is 12.3 Å². The Balaban J connectivity index is 1.86. The predicted octanol–water partition coefficient (Wildman–Crippen LogP) is -0.863. The van der Waals surface area contributed by atoms with Gasteiger partial charge in [-0.25, -0.2) is 5.10 Å². The number of piperidine rings is 1. The van der Waals surface area contributed by atoms with E-state index in [9.17, 15) is 14.4 Å². The van der Waals surface area contributed by atoms with Crippen LogP contribution in [0.5, 0.6) is 0 Å². The molecular weight excluding hydrogens is 276 g/mol. The van der Waals surface area contributed by atoms with E-state index in [0.717, 1.165) is 0 Å². The molecule has 8 nitrogen and oxygen atoms in total. The van der Waals surface area contributed by atoms with Crippen molar-refractivity contribution in [2.45, 2.75) is 18.9 Å². The fraction of sp³-hybridized carbons (Fsp3) is 0.538. The molecule has 114 valence electrons. The summed E-state index contributed by atoms with van der Waals surface area (Å²) in [5.41, 5.74) is -0.123. The van der Waals surface area contributed by atoms with Gasteiger partial charge in [-0.05, 0) is 18.9 Å². The number of rotatable bonds is 4. The Bertz CT molecular complexity index is 543. The summed E-state index contributed by atoms with van der Waals surface area (Å²) in [6, 6.07) is 2.74. The number of hydrogen-bond donors (Lipinski definition) is 2. The van der Waals surface area contributed by atoms with Gasteiger partial charge in [-0.1, -0.05) is 0 Å². The van der Waals surface area contributed by atoms with Crippen molar-refractivity contribution in [1.29, 1.82) is 0 Å². The first-order valence-corrected chi connectivity index (χ1v) is 6.73.